The molecule has 1 heterocycles. The standard InChI is InChI=1S/C16H27NO6/c1-16(2,10-18)14(21)12(19)6-3-7-13(20)15(22)17-9-11-5-4-8-23-11/h11,14,18,21H,3-10H2,1-2H3,(H,17,22)/t11?,14-/m0/s1. The lowest BCUT2D eigenvalue weighted by Crippen LogP contribution is -2.39. The van der Waals surface area contributed by atoms with E-state index in [1.165, 1.54) is 0 Å². The van der Waals surface area contributed by atoms with Gasteiger partial charge in [0, 0.05) is 31.4 Å². The highest BCUT2D eigenvalue weighted by Gasteiger charge is 2.32. The molecule has 7 nitrogen and oxygen atoms in total. The molecule has 0 aliphatic carbocycles. The van der Waals surface area contributed by atoms with E-state index < -0.39 is 29.0 Å². The largest absolute Gasteiger partial charge is 0.396 e. The maximum absolute atomic E-state index is 11.8. The predicted molar refractivity (Wildman–Crippen MR) is 82.7 cm³/mol. The average molecular weight is 329 g/mol. The summed E-state index contributed by atoms with van der Waals surface area (Å²) in [5.74, 6) is -1.67. The summed E-state index contributed by atoms with van der Waals surface area (Å²) in [5.41, 5.74) is -0.917. The molecule has 132 valence electrons. The Kier molecular flexibility index (Phi) is 7.81. The minimum Gasteiger partial charge on any atom is -0.396 e. The molecule has 0 saturated carbocycles. The minimum atomic E-state index is -1.28. The Balaban J connectivity index is 2.24. The smallest absolute Gasteiger partial charge is 0.287 e. The Morgan fingerprint density at radius 2 is 2.00 bits per heavy atom. The van der Waals surface area contributed by atoms with Crippen LogP contribution in [0.25, 0.3) is 0 Å². The minimum absolute atomic E-state index is 0.00461. The van der Waals surface area contributed by atoms with Crippen molar-refractivity contribution in [2.24, 2.45) is 5.41 Å². The van der Waals surface area contributed by atoms with Gasteiger partial charge in [0.2, 0.25) is 5.78 Å². The van der Waals surface area contributed by atoms with Crippen molar-refractivity contribution in [2.75, 3.05) is 19.8 Å². The zero-order valence-electron chi connectivity index (χ0n) is 13.8. The summed E-state index contributed by atoms with van der Waals surface area (Å²) in [5, 5.41) is 21.5. The highest BCUT2D eigenvalue weighted by molar-refractivity contribution is 6.36. The van der Waals surface area contributed by atoms with Gasteiger partial charge in [0.25, 0.3) is 5.91 Å². The van der Waals surface area contributed by atoms with Gasteiger partial charge in [-0.15, -0.1) is 0 Å². The van der Waals surface area contributed by atoms with E-state index in [4.69, 9.17) is 9.84 Å². The Hall–Kier alpha value is -1.31. The van der Waals surface area contributed by atoms with Gasteiger partial charge in [-0.2, -0.15) is 0 Å². The molecular formula is C16H27NO6. The Bertz CT molecular complexity index is 428. The van der Waals surface area contributed by atoms with E-state index in [9.17, 15) is 19.5 Å². The summed E-state index contributed by atoms with van der Waals surface area (Å²) in [6.45, 7) is 3.86. The van der Waals surface area contributed by atoms with Crippen molar-refractivity contribution in [1.82, 2.24) is 5.32 Å². The van der Waals surface area contributed by atoms with Crippen LogP contribution in [0.1, 0.15) is 46.0 Å². The van der Waals surface area contributed by atoms with Crippen LogP contribution in [0.3, 0.4) is 0 Å². The summed E-state index contributed by atoms with van der Waals surface area (Å²) < 4.78 is 5.35. The molecule has 1 amide bonds. The zero-order valence-corrected chi connectivity index (χ0v) is 13.8. The van der Waals surface area contributed by atoms with Gasteiger partial charge in [0.05, 0.1) is 12.7 Å². The molecule has 0 spiro atoms. The van der Waals surface area contributed by atoms with Gasteiger partial charge in [0.1, 0.15) is 6.10 Å². The van der Waals surface area contributed by atoms with Crippen molar-refractivity contribution in [3.05, 3.63) is 0 Å². The second-order valence-electron chi connectivity index (χ2n) is 6.64. The fourth-order valence-electron chi connectivity index (χ4n) is 2.31. The van der Waals surface area contributed by atoms with E-state index in [2.05, 4.69) is 5.32 Å². The molecule has 1 fully saturated rings. The monoisotopic (exact) mass is 329 g/mol. The number of rotatable bonds is 10. The summed E-state index contributed by atoms with van der Waals surface area (Å²) in [6, 6.07) is 0. The van der Waals surface area contributed by atoms with E-state index in [0.717, 1.165) is 12.8 Å². The predicted octanol–water partition coefficient (Wildman–Crippen LogP) is -0.0305. The first-order chi connectivity index (χ1) is 10.8. The molecule has 1 unspecified atom stereocenters. The number of carbonyl (C=O) groups excluding carboxylic acids is 3. The van der Waals surface area contributed by atoms with Gasteiger partial charge < -0.3 is 20.3 Å². The molecule has 0 aromatic rings. The Morgan fingerprint density at radius 3 is 2.57 bits per heavy atom. The van der Waals surface area contributed by atoms with E-state index in [1.807, 2.05) is 0 Å². The number of hydrogen-bond donors (Lipinski definition) is 3. The molecule has 0 radical (unpaired) electrons. The van der Waals surface area contributed by atoms with Crippen LogP contribution in [0.5, 0.6) is 0 Å². The first-order valence-electron chi connectivity index (χ1n) is 8.02. The molecule has 1 aliphatic rings. The van der Waals surface area contributed by atoms with Gasteiger partial charge in [-0.1, -0.05) is 13.8 Å². The summed E-state index contributed by atoms with van der Waals surface area (Å²) in [6.07, 6.45) is 0.680. The van der Waals surface area contributed by atoms with E-state index in [0.29, 0.717) is 13.2 Å². The van der Waals surface area contributed by atoms with Crippen LogP contribution in [0.4, 0.5) is 0 Å². The fourth-order valence-corrected chi connectivity index (χ4v) is 2.31. The third kappa shape index (κ3) is 6.37. The second-order valence-corrected chi connectivity index (χ2v) is 6.64. The number of nitrogens with one attached hydrogen (secondary N) is 1. The molecule has 0 aromatic carbocycles. The van der Waals surface area contributed by atoms with Gasteiger partial charge >= 0.3 is 0 Å². The number of aliphatic hydroxyl groups is 2. The first kappa shape index (κ1) is 19.7. The number of Topliss-reactive ketones (excluding diaryl/α,β-unsaturated/α-hetero) is 2. The van der Waals surface area contributed by atoms with Crippen molar-refractivity contribution in [2.45, 2.75) is 58.2 Å². The molecule has 1 saturated heterocycles. The second kappa shape index (κ2) is 9.10. The third-order valence-electron chi connectivity index (χ3n) is 4.05. The van der Waals surface area contributed by atoms with Gasteiger partial charge in [-0.25, -0.2) is 0 Å². The van der Waals surface area contributed by atoms with Gasteiger partial charge in [0.15, 0.2) is 5.78 Å². The maximum Gasteiger partial charge on any atom is 0.287 e. The van der Waals surface area contributed by atoms with Crippen LogP contribution in [0.15, 0.2) is 0 Å². The third-order valence-corrected chi connectivity index (χ3v) is 4.05. The van der Waals surface area contributed by atoms with Crippen LogP contribution in [-0.2, 0) is 19.1 Å². The quantitative estimate of drug-likeness (QED) is 0.485. The first-order valence-corrected chi connectivity index (χ1v) is 8.02. The number of ether oxygens (including phenoxy) is 1. The summed E-state index contributed by atoms with van der Waals surface area (Å²) in [4.78, 5) is 35.1. The molecule has 3 N–H and O–H groups in total. The van der Waals surface area contributed by atoms with Crippen molar-refractivity contribution >= 4 is 17.5 Å². The van der Waals surface area contributed by atoms with E-state index >= 15 is 0 Å². The normalized spacial score (nSPS) is 19.4. The summed E-state index contributed by atoms with van der Waals surface area (Å²) in [7, 11) is 0. The van der Waals surface area contributed by atoms with E-state index in [-0.39, 0.29) is 32.0 Å². The highest BCUT2D eigenvalue weighted by Crippen LogP contribution is 2.21. The number of ketones is 2. The lowest BCUT2D eigenvalue weighted by molar-refractivity contribution is -0.139. The van der Waals surface area contributed by atoms with Crippen LogP contribution in [0.2, 0.25) is 0 Å². The highest BCUT2D eigenvalue weighted by atomic mass is 16.5. The molecule has 2 atom stereocenters. The lowest BCUT2D eigenvalue weighted by atomic mass is 9.84. The molecule has 7 heteroatoms. The van der Waals surface area contributed by atoms with Crippen LogP contribution < -0.4 is 5.32 Å². The van der Waals surface area contributed by atoms with Crippen LogP contribution in [-0.4, -0.2) is 59.7 Å². The Labute approximate surface area is 136 Å². The van der Waals surface area contributed by atoms with Gasteiger partial charge in [-0.05, 0) is 19.3 Å². The molecular weight excluding hydrogens is 302 g/mol. The van der Waals surface area contributed by atoms with Crippen molar-refractivity contribution < 1.29 is 29.3 Å². The number of aliphatic hydroxyl groups excluding tert-OH is 2. The van der Waals surface area contributed by atoms with Gasteiger partial charge in [-0.3, -0.25) is 14.4 Å². The average Bonchev–Trinajstić information content (AvgIpc) is 3.04. The topological polar surface area (TPSA) is 113 Å². The molecule has 1 aliphatic heterocycles. The molecule has 23 heavy (non-hydrogen) atoms. The number of hydrogen-bond acceptors (Lipinski definition) is 6. The van der Waals surface area contributed by atoms with Crippen molar-refractivity contribution in [3.8, 4) is 0 Å². The molecule has 0 bridgehead atoms. The van der Waals surface area contributed by atoms with Crippen LogP contribution >= 0.6 is 0 Å². The SMILES string of the molecule is CC(C)(CO)[C@@H](O)C(=O)CCCC(=O)C(=O)NCC1CCCO1. The molecule has 0 aromatic heterocycles. The fraction of sp³-hybridized carbons (Fsp3) is 0.812. The summed E-state index contributed by atoms with van der Waals surface area (Å²) >= 11 is 0. The van der Waals surface area contributed by atoms with Crippen LogP contribution in [0, 0.1) is 5.41 Å². The molecule has 1 rings (SSSR count). The van der Waals surface area contributed by atoms with E-state index in [1.54, 1.807) is 13.8 Å². The maximum atomic E-state index is 11.8. The van der Waals surface area contributed by atoms with Crippen molar-refractivity contribution in [3.63, 3.8) is 0 Å². The Morgan fingerprint density at radius 1 is 1.30 bits per heavy atom. The number of carbonyl (C=O) groups is 3. The zero-order chi connectivity index (χ0) is 17.5. The number of amides is 1. The lowest BCUT2D eigenvalue weighted by Gasteiger charge is -2.26. The van der Waals surface area contributed by atoms with Crippen molar-refractivity contribution in [1.29, 1.82) is 0 Å².